The van der Waals surface area contributed by atoms with Crippen LogP contribution in [-0.2, 0) is 4.79 Å². The van der Waals surface area contributed by atoms with Crippen molar-refractivity contribution in [2.75, 3.05) is 6.61 Å². The van der Waals surface area contributed by atoms with Crippen molar-refractivity contribution in [1.29, 1.82) is 0 Å². The second kappa shape index (κ2) is 8.04. The van der Waals surface area contributed by atoms with E-state index < -0.39 is 11.8 Å². The minimum absolute atomic E-state index is 0.240. The second-order valence-corrected chi connectivity index (χ2v) is 5.99. The average molecular weight is 367 g/mol. The molecule has 0 unspecified atom stereocenters. The maximum absolute atomic E-state index is 11.9. The van der Waals surface area contributed by atoms with Crippen LogP contribution < -0.4 is 15.6 Å². The molecule has 0 aliphatic carbocycles. The van der Waals surface area contributed by atoms with Gasteiger partial charge in [0.2, 0.25) is 0 Å². The highest BCUT2D eigenvalue weighted by molar-refractivity contribution is 6.32. The highest BCUT2D eigenvalue weighted by Gasteiger charge is 2.09. The van der Waals surface area contributed by atoms with E-state index in [2.05, 4.69) is 10.9 Å². The van der Waals surface area contributed by atoms with Gasteiger partial charge in [0.25, 0.3) is 11.8 Å². The molecular weight excluding hydrogens is 351 g/mol. The monoisotopic (exact) mass is 366 g/mol. The van der Waals surface area contributed by atoms with Crippen molar-refractivity contribution in [1.82, 2.24) is 10.9 Å². The first-order valence-corrected chi connectivity index (χ1v) is 7.86. The Labute approximate surface area is 149 Å². The molecule has 0 radical (unpaired) electrons. The van der Waals surface area contributed by atoms with Crippen molar-refractivity contribution in [2.45, 2.75) is 13.8 Å². The largest absolute Gasteiger partial charge is 0.484 e. The third kappa shape index (κ3) is 4.88. The van der Waals surface area contributed by atoms with Gasteiger partial charge in [-0.3, -0.25) is 20.4 Å². The number of hydrogen-bond donors (Lipinski definition) is 2. The quantitative estimate of drug-likeness (QED) is 0.814. The molecular formula is C17H16Cl2N2O3. The highest BCUT2D eigenvalue weighted by Crippen LogP contribution is 2.25. The summed E-state index contributed by atoms with van der Waals surface area (Å²) in [5.41, 5.74) is 6.64. The lowest BCUT2D eigenvalue weighted by molar-refractivity contribution is -0.123. The molecule has 0 fully saturated rings. The van der Waals surface area contributed by atoms with Gasteiger partial charge in [-0.15, -0.1) is 0 Å². The minimum atomic E-state index is -0.490. The van der Waals surface area contributed by atoms with Gasteiger partial charge in [0.1, 0.15) is 5.75 Å². The van der Waals surface area contributed by atoms with Gasteiger partial charge < -0.3 is 4.74 Å². The first-order valence-electron chi connectivity index (χ1n) is 7.11. The van der Waals surface area contributed by atoms with E-state index in [1.54, 1.807) is 30.3 Å². The molecule has 2 rings (SSSR count). The zero-order valence-corrected chi connectivity index (χ0v) is 14.7. The lowest BCUT2D eigenvalue weighted by atomic mass is 10.1. The van der Waals surface area contributed by atoms with Crippen LogP contribution in [-0.4, -0.2) is 18.4 Å². The van der Waals surface area contributed by atoms with Crippen LogP contribution >= 0.6 is 23.2 Å². The first kappa shape index (κ1) is 18.1. The van der Waals surface area contributed by atoms with Gasteiger partial charge >= 0.3 is 0 Å². The van der Waals surface area contributed by atoms with Crippen molar-refractivity contribution in [2.24, 2.45) is 0 Å². The van der Waals surface area contributed by atoms with Crippen molar-refractivity contribution in [3.8, 4) is 5.75 Å². The molecule has 0 saturated heterocycles. The molecule has 24 heavy (non-hydrogen) atoms. The normalized spacial score (nSPS) is 10.2. The molecule has 7 heteroatoms. The molecule has 5 nitrogen and oxygen atoms in total. The number of halogens is 2. The van der Waals surface area contributed by atoms with Crippen LogP contribution in [0.2, 0.25) is 10.0 Å². The molecule has 0 saturated carbocycles. The molecule has 2 aromatic rings. The van der Waals surface area contributed by atoms with E-state index in [0.717, 1.165) is 11.1 Å². The smallest absolute Gasteiger partial charge is 0.276 e. The summed E-state index contributed by atoms with van der Waals surface area (Å²) in [6, 6.07) is 9.87. The average Bonchev–Trinajstić information content (AvgIpc) is 2.55. The molecule has 2 amide bonds. The zero-order valence-electron chi connectivity index (χ0n) is 13.2. The SMILES string of the molecule is Cc1cc(OCC(=O)NNC(=O)c2cccc(Cl)c2)cc(C)c1Cl. The van der Waals surface area contributed by atoms with Crippen LogP contribution in [0.4, 0.5) is 0 Å². The summed E-state index contributed by atoms with van der Waals surface area (Å²) in [5.74, 6) is -0.426. The van der Waals surface area contributed by atoms with Gasteiger partial charge in [-0.1, -0.05) is 29.3 Å². The number of carbonyl (C=O) groups is 2. The van der Waals surface area contributed by atoms with Gasteiger partial charge in [0.05, 0.1) is 0 Å². The summed E-state index contributed by atoms with van der Waals surface area (Å²) < 4.78 is 5.40. The summed E-state index contributed by atoms with van der Waals surface area (Å²) in [6.07, 6.45) is 0. The summed E-state index contributed by atoms with van der Waals surface area (Å²) in [4.78, 5) is 23.6. The van der Waals surface area contributed by atoms with Gasteiger partial charge in [-0.25, -0.2) is 0 Å². The summed E-state index contributed by atoms with van der Waals surface area (Å²) in [7, 11) is 0. The fraction of sp³-hybridized carbons (Fsp3) is 0.176. The number of rotatable bonds is 4. The summed E-state index contributed by atoms with van der Waals surface area (Å²) in [6.45, 7) is 3.47. The Balaban J connectivity index is 1.84. The Morgan fingerprint density at radius 3 is 2.33 bits per heavy atom. The van der Waals surface area contributed by atoms with Crippen LogP contribution in [0.25, 0.3) is 0 Å². The number of nitrogens with one attached hydrogen (secondary N) is 2. The van der Waals surface area contributed by atoms with E-state index >= 15 is 0 Å². The molecule has 0 atom stereocenters. The Morgan fingerprint density at radius 1 is 1.04 bits per heavy atom. The van der Waals surface area contributed by atoms with Gasteiger partial charge in [0.15, 0.2) is 6.61 Å². The van der Waals surface area contributed by atoms with Crippen LogP contribution in [0.1, 0.15) is 21.5 Å². The molecule has 0 aliphatic rings. The maximum atomic E-state index is 11.9. The topological polar surface area (TPSA) is 67.4 Å². The standard InChI is InChI=1S/C17H16Cl2N2O3/c1-10-6-14(7-11(2)16(10)19)24-9-15(22)20-21-17(23)12-4-3-5-13(18)8-12/h3-8H,9H2,1-2H3,(H,20,22)(H,21,23). The number of hydrogen-bond acceptors (Lipinski definition) is 3. The Bertz CT molecular complexity index is 755. The first-order chi connectivity index (χ1) is 11.4. The van der Waals surface area contributed by atoms with E-state index in [4.69, 9.17) is 27.9 Å². The third-order valence-corrected chi connectivity index (χ3v) is 4.01. The molecule has 0 spiro atoms. The van der Waals surface area contributed by atoms with Crippen molar-refractivity contribution < 1.29 is 14.3 Å². The lowest BCUT2D eigenvalue weighted by Gasteiger charge is -2.11. The van der Waals surface area contributed by atoms with Crippen LogP contribution in [0.15, 0.2) is 36.4 Å². The van der Waals surface area contributed by atoms with Crippen molar-refractivity contribution >= 4 is 35.0 Å². The van der Waals surface area contributed by atoms with Crippen LogP contribution in [0.5, 0.6) is 5.75 Å². The lowest BCUT2D eigenvalue weighted by Crippen LogP contribution is -2.43. The van der Waals surface area contributed by atoms with E-state index in [0.29, 0.717) is 21.4 Å². The van der Waals surface area contributed by atoms with E-state index in [-0.39, 0.29) is 6.61 Å². The Hall–Kier alpha value is -2.24. The van der Waals surface area contributed by atoms with Gasteiger partial charge in [0, 0.05) is 15.6 Å². The molecule has 2 N–H and O–H groups in total. The van der Waals surface area contributed by atoms with E-state index in [1.165, 1.54) is 6.07 Å². The minimum Gasteiger partial charge on any atom is -0.484 e. The summed E-state index contributed by atoms with van der Waals surface area (Å²) >= 11 is 11.9. The highest BCUT2D eigenvalue weighted by atomic mass is 35.5. The molecule has 126 valence electrons. The molecule has 0 heterocycles. The predicted molar refractivity (Wildman–Crippen MR) is 93.5 cm³/mol. The maximum Gasteiger partial charge on any atom is 0.276 e. The molecule has 0 aliphatic heterocycles. The van der Waals surface area contributed by atoms with Gasteiger partial charge in [-0.2, -0.15) is 0 Å². The number of amides is 2. The number of aryl methyl sites for hydroxylation is 2. The third-order valence-electron chi connectivity index (χ3n) is 3.18. The van der Waals surface area contributed by atoms with E-state index in [9.17, 15) is 9.59 Å². The predicted octanol–water partition coefficient (Wildman–Crippen LogP) is 3.45. The van der Waals surface area contributed by atoms with Crippen LogP contribution in [0.3, 0.4) is 0 Å². The van der Waals surface area contributed by atoms with Crippen molar-refractivity contribution in [3.05, 3.63) is 63.1 Å². The van der Waals surface area contributed by atoms with Crippen LogP contribution in [0, 0.1) is 13.8 Å². The van der Waals surface area contributed by atoms with Crippen molar-refractivity contribution in [3.63, 3.8) is 0 Å². The van der Waals surface area contributed by atoms with E-state index in [1.807, 2.05) is 13.8 Å². The molecule has 2 aromatic carbocycles. The number of benzene rings is 2. The fourth-order valence-electron chi connectivity index (χ4n) is 2.00. The fourth-order valence-corrected chi connectivity index (χ4v) is 2.30. The Kier molecular flexibility index (Phi) is 6.06. The summed E-state index contributed by atoms with van der Waals surface area (Å²) in [5, 5.41) is 1.10. The zero-order chi connectivity index (χ0) is 17.7. The van der Waals surface area contributed by atoms with Gasteiger partial charge in [-0.05, 0) is 55.3 Å². The number of carbonyl (C=O) groups excluding carboxylic acids is 2. The molecule has 0 bridgehead atoms. The number of hydrazine groups is 1. The second-order valence-electron chi connectivity index (χ2n) is 5.17. The molecule has 0 aromatic heterocycles. The number of ether oxygens (including phenoxy) is 1. The Morgan fingerprint density at radius 2 is 1.71 bits per heavy atom.